The second-order valence-electron chi connectivity index (χ2n) is 1.94. The van der Waals surface area contributed by atoms with E-state index in [1.54, 1.807) is 0 Å². The third kappa shape index (κ3) is 1.77. The van der Waals surface area contributed by atoms with Crippen LogP contribution in [0.1, 0.15) is 5.56 Å². The lowest BCUT2D eigenvalue weighted by atomic mass is 9.97. The van der Waals surface area contributed by atoms with Gasteiger partial charge in [0.15, 0.2) is 0 Å². The van der Waals surface area contributed by atoms with Crippen LogP contribution in [0.5, 0.6) is 0 Å². The first-order chi connectivity index (χ1) is 4.74. The highest BCUT2D eigenvalue weighted by Gasteiger charge is 1.96. The molecule has 0 aromatic heterocycles. The van der Waals surface area contributed by atoms with E-state index in [0.717, 1.165) is 15.1 Å². The van der Waals surface area contributed by atoms with Crippen LogP contribution < -0.4 is 0 Å². The van der Waals surface area contributed by atoms with Crippen LogP contribution in [0.4, 0.5) is 0 Å². The third-order valence-electron chi connectivity index (χ3n) is 1.24. The summed E-state index contributed by atoms with van der Waals surface area (Å²) in [6.45, 7) is 0. The molecule has 1 rings (SSSR count). The number of halogens is 2. The molecule has 2 radical (unpaired) electrons. The Kier molecular flexibility index (Phi) is 2.81. The zero-order chi connectivity index (χ0) is 7.56. The summed E-state index contributed by atoms with van der Waals surface area (Å²) in [6.07, 6.45) is 0.492. The van der Waals surface area contributed by atoms with Gasteiger partial charge >= 0.3 is 0 Å². The van der Waals surface area contributed by atoms with Gasteiger partial charge in [-0.15, -0.1) is 0 Å². The van der Waals surface area contributed by atoms with Gasteiger partial charge in [0.1, 0.15) is 0 Å². The van der Waals surface area contributed by atoms with Gasteiger partial charge in [-0.1, -0.05) is 39.9 Å². The minimum atomic E-state index is 0.492. The maximum absolute atomic E-state index is 5.82. The smallest absolute Gasteiger partial charge is 0.0717 e. The summed E-state index contributed by atoms with van der Waals surface area (Å²) < 4.78 is 0.981. The molecule has 0 heterocycles. The van der Waals surface area contributed by atoms with Gasteiger partial charge in [0.25, 0.3) is 0 Å². The second-order valence-corrected chi connectivity index (χ2v) is 3.26. The molecule has 1 aromatic carbocycles. The molecular formula is C7H5BBrCl. The Hall–Kier alpha value is 0.0549. The van der Waals surface area contributed by atoms with E-state index in [9.17, 15) is 0 Å². The van der Waals surface area contributed by atoms with E-state index in [1.807, 2.05) is 18.2 Å². The molecule has 0 nitrogen and oxygen atoms in total. The van der Waals surface area contributed by atoms with Crippen LogP contribution in [0.25, 0.3) is 0 Å². The molecule has 0 saturated heterocycles. The SMILES string of the molecule is [B]Cc1ccc(Br)cc1Cl. The molecule has 0 N–H and O–H groups in total. The van der Waals surface area contributed by atoms with Gasteiger partial charge in [0, 0.05) is 9.50 Å². The Morgan fingerprint density at radius 3 is 2.70 bits per heavy atom. The molecule has 10 heavy (non-hydrogen) atoms. The van der Waals surface area contributed by atoms with Crippen LogP contribution in [0, 0.1) is 0 Å². The van der Waals surface area contributed by atoms with Crippen molar-refractivity contribution in [2.75, 3.05) is 0 Å². The summed E-state index contributed by atoms with van der Waals surface area (Å²) in [4.78, 5) is 0. The molecule has 0 spiro atoms. The van der Waals surface area contributed by atoms with E-state index in [4.69, 9.17) is 19.4 Å². The standard InChI is InChI=1S/C7H5BBrCl/c8-4-5-1-2-6(9)3-7(5)10/h1-3H,4H2. The minimum Gasteiger partial charge on any atom is -0.0840 e. The van der Waals surface area contributed by atoms with Gasteiger partial charge in [-0.25, -0.2) is 0 Å². The minimum absolute atomic E-state index is 0.492. The van der Waals surface area contributed by atoms with Gasteiger partial charge in [-0.05, 0) is 17.7 Å². The summed E-state index contributed by atoms with van der Waals surface area (Å²) in [5.74, 6) is 0. The monoisotopic (exact) mass is 214 g/mol. The fourth-order valence-corrected chi connectivity index (χ4v) is 1.44. The highest BCUT2D eigenvalue weighted by molar-refractivity contribution is 9.10. The highest BCUT2D eigenvalue weighted by atomic mass is 79.9. The van der Waals surface area contributed by atoms with E-state index in [-0.39, 0.29) is 0 Å². The quantitative estimate of drug-likeness (QED) is 0.632. The normalized spacial score (nSPS) is 9.80. The van der Waals surface area contributed by atoms with Crippen LogP contribution in [0.2, 0.25) is 5.02 Å². The van der Waals surface area contributed by atoms with Crippen molar-refractivity contribution >= 4 is 35.4 Å². The number of hydrogen-bond acceptors (Lipinski definition) is 0. The first-order valence-corrected chi connectivity index (χ1v) is 4.05. The van der Waals surface area contributed by atoms with Crippen molar-refractivity contribution < 1.29 is 0 Å². The second kappa shape index (κ2) is 3.45. The molecule has 0 amide bonds. The number of rotatable bonds is 1. The first-order valence-electron chi connectivity index (χ1n) is 2.88. The summed E-state index contributed by atoms with van der Waals surface area (Å²) in [5.41, 5.74) is 0.977. The van der Waals surface area contributed by atoms with Crippen molar-refractivity contribution in [1.29, 1.82) is 0 Å². The third-order valence-corrected chi connectivity index (χ3v) is 2.08. The van der Waals surface area contributed by atoms with Gasteiger partial charge in [0.2, 0.25) is 0 Å². The average molecular weight is 215 g/mol. The topological polar surface area (TPSA) is 0 Å². The molecule has 0 fully saturated rings. The average Bonchev–Trinajstić information content (AvgIpc) is 1.88. The van der Waals surface area contributed by atoms with Gasteiger partial charge < -0.3 is 0 Å². The Morgan fingerprint density at radius 2 is 2.20 bits per heavy atom. The van der Waals surface area contributed by atoms with Gasteiger partial charge in [-0.2, -0.15) is 0 Å². The lowest BCUT2D eigenvalue weighted by Crippen LogP contribution is -1.83. The molecule has 0 atom stereocenters. The van der Waals surface area contributed by atoms with E-state index >= 15 is 0 Å². The Balaban J connectivity index is 3.07. The molecule has 3 heteroatoms. The fraction of sp³-hybridized carbons (Fsp3) is 0.143. The summed E-state index contributed by atoms with van der Waals surface area (Å²) in [5, 5.41) is 0.719. The van der Waals surface area contributed by atoms with Crippen molar-refractivity contribution in [3.05, 3.63) is 33.3 Å². The van der Waals surface area contributed by atoms with E-state index < -0.39 is 0 Å². The zero-order valence-corrected chi connectivity index (χ0v) is 7.61. The fourth-order valence-electron chi connectivity index (χ4n) is 0.687. The maximum atomic E-state index is 5.82. The van der Waals surface area contributed by atoms with Gasteiger partial charge in [0.05, 0.1) is 7.85 Å². The summed E-state index contributed by atoms with van der Waals surface area (Å²) >= 11 is 9.12. The lowest BCUT2D eigenvalue weighted by molar-refractivity contribution is 1.39. The largest absolute Gasteiger partial charge is 0.0840 e. The lowest BCUT2D eigenvalue weighted by Gasteiger charge is -1.99. The summed E-state index contributed by atoms with van der Waals surface area (Å²) in [7, 11) is 5.40. The number of hydrogen-bond donors (Lipinski definition) is 0. The Bertz CT molecular complexity index is 237. The maximum Gasteiger partial charge on any atom is 0.0717 e. The predicted octanol–water partition coefficient (Wildman–Crippen LogP) is 2.77. The van der Waals surface area contributed by atoms with Crippen molar-refractivity contribution in [2.24, 2.45) is 0 Å². The first kappa shape index (κ1) is 8.15. The molecule has 0 aliphatic heterocycles. The van der Waals surface area contributed by atoms with Crippen molar-refractivity contribution in [2.45, 2.75) is 6.32 Å². The van der Waals surface area contributed by atoms with Crippen LogP contribution in [0.3, 0.4) is 0 Å². The molecule has 50 valence electrons. The van der Waals surface area contributed by atoms with E-state index in [0.29, 0.717) is 6.32 Å². The predicted molar refractivity (Wildman–Crippen MR) is 48.6 cm³/mol. The Morgan fingerprint density at radius 1 is 1.50 bits per heavy atom. The van der Waals surface area contributed by atoms with Crippen molar-refractivity contribution in [3.63, 3.8) is 0 Å². The molecule has 0 aliphatic carbocycles. The molecule has 0 saturated carbocycles. The number of benzene rings is 1. The highest BCUT2D eigenvalue weighted by Crippen LogP contribution is 2.20. The van der Waals surface area contributed by atoms with Gasteiger partial charge in [-0.3, -0.25) is 0 Å². The van der Waals surface area contributed by atoms with Crippen LogP contribution in [0.15, 0.2) is 22.7 Å². The van der Waals surface area contributed by atoms with Crippen molar-refractivity contribution in [3.8, 4) is 0 Å². The van der Waals surface area contributed by atoms with Crippen molar-refractivity contribution in [1.82, 2.24) is 0 Å². The molecule has 0 bridgehead atoms. The molecule has 0 aliphatic rings. The Labute approximate surface area is 75.1 Å². The molecule has 1 aromatic rings. The van der Waals surface area contributed by atoms with E-state index in [1.165, 1.54) is 0 Å². The van der Waals surface area contributed by atoms with Crippen LogP contribution in [-0.4, -0.2) is 7.85 Å². The van der Waals surface area contributed by atoms with Crippen LogP contribution in [-0.2, 0) is 6.32 Å². The van der Waals surface area contributed by atoms with Crippen LogP contribution >= 0.6 is 27.5 Å². The molecular weight excluding hydrogens is 210 g/mol. The molecule has 0 unspecified atom stereocenters. The zero-order valence-electron chi connectivity index (χ0n) is 5.27. The summed E-state index contributed by atoms with van der Waals surface area (Å²) in [6, 6.07) is 5.67. The van der Waals surface area contributed by atoms with E-state index in [2.05, 4.69) is 15.9 Å².